The molecule has 8 heteroatoms. The quantitative estimate of drug-likeness (QED) is 0.109. The van der Waals surface area contributed by atoms with Crippen molar-refractivity contribution in [2.45, 2.75) is 79.1 Å². The van der Waals surface area contributed by atoms with Crippen LogP contribution in [0.2, 0.25) is 0 Å². The Morgan fingerprint density at radius 1 is 0.919 bits per heavy atom. The van der Waals surface area contributed by atoms with Crippen molar-refractivity contribution in [2.24, 2.45) is 5.92 Å². The minimum atomic E-state index is -0.796. The second kappa shape index (κ2) is 15.8. The lowest BCUT2D eigenvalue weighted by Crippen LogP contribution is -2.20. The Hall–Kier alpha value is -3.16. The maximum Gasteiger partial charge on any atom is 0.511 e. The number of carbonyl (C=O) groups excluding carboxylic acids is 2. The largest absolute Gasteiger partial charge is 0.511 e. The van der Waals surface area contributed by atoms with Crippen LogP contribution in [0.1, 0.15) is 83.8 Å². The Kier molecular flexibility index (Phi) is 12.9. The zero-order valence-electron chi connectivity index (χ0n) is 22.9. The molecule has 0 saturated heterocycles. The van der Waals surface area contributed by atoms with E-state index < -0.39 is 12.3 Å². The molecule has 0 fully saturated rings. The second-order valence-electron chi connectivity index (χ2n) is 9.17. The molecule has 2 atom stereocenters. The fraction of sp³-hybridized carbons (Fsp3) is 0.586. The van der Waals surface area contributed by atoms with Crippen LogP contribution in [0.4, 0.5) is 9.59 Å². The molecule has 0 bridgehead atoms. The molecule has 2 rings (SSSR count). The summed E-state index contributed by atoms with van der Waals surface area (Å²) in [7, 11) is 0. The summed E-state index contributed by atoms with van der Waals surface area (Å²) >= 11 is 0. The summed E-state index contributed by atoms with van der Waals surface area (Å²) < 4.78 is 32.0. The molecule has 206 valence electrons. The molecule has 1 aromatic carbocycles. The van der Waals surface area contributed by atoms with Crippen LogP contribution >= 0.6 is 0 Å². The number of ether oxygens (including phenoxy) is 6. The lowest BCUT2D eigenvalue weighted by atomic mass is 9.73. The first-order valence-electron chi connectivity index (χ1n) is 13.1. The van der Waals surface area contributed by atoms with Crippen molar-refractivity contribution in [1.29, 1.82) is 0 Å². The van der Waals surface area contributed by atoms with Crippen LogP contribution in [-0.2, 0) is 25.4 Å². The summed E-state index contributed by atoms with van der Waals surface area (Å²) in [4.78, 5) is 23.5. The fourth-order valence-electron chi connectivity index (χ4n) is 4.45. The number of hydrogen-bond donors (Lipinski definition) is 0. The average Bonchev–Trinajstić information content (AvgIpc) is 2.84. The van der Waals surface area contributed by atoms with E-state index in [-0.39, 0.29) is 38.6 Å². The Morgan fingerprint density at radius 3 is 1.97 bits per heavy atom. The van der Waals surface area contributed by atoms with E-state index >= 15 is 0 Å². The number of unbranched alkanes of at least 4 members (excludes halogenated alkanes) is 2. The highest BCUT2D eigenvalue weighted by Gasteiger charge is 2.31. The molecule has 0 aliphatic heterocycles. The van der Waals surface area contributed by atoms with Gasteiger partial charge in [0.15, 0.2) is 0 Å². The van der Waals surface area contributed by atoms with E-state index in [1.165, 1.54) is 5.57 Å². The first-order chi connectivity index (χ1) is 17.8. The summed E-state index contributed by atoms with van der Waals surface area (Å²) in [6.45, 7) is 13.7. The summed E-state index contributed by atoms with van der Waals surface area (Å²) in [6.07, 6.45) is 6.56. The molecule has 0 aromatic heterocycles. The predicted molar refractivity (Wildman–Crippen MR) is 141 cm³/mol. The third kappa shape index (κ3) is 9.67. The number of allylic oxidation sites excluding steroid dienone is 3. The van der Waals surface area contributed by atoms with Crippen LogP contribution in [0.15, 0.2) is 35.9 Å². The van der Waals surface area contributed by atoms with E-state index in [1.54, 1.807) is 13.8 Å². The van der Waals surface area contributed by atoms with Gasteiger partial charge in [-0.2, -0.15) is 0 Å². The first kappa shape index (κ1) is 30.1. The van der Waals surface area contributed by atoms with E-state index in [1.807, 2.05) is 19.1 Å². The summed E-state index contributed by atoms with van der Waals surface area (Å²) in [5.41, 5.74) is 4.13. The van der Waals surface area contributed by atoms with Crippen molar-refractivity contribution in [1.82, 2.24) is 0 Å². The number of benzene rings is 1. The van der Waals surface area contributed by atoms with Gasteiger partial charge in [0.1, 0.15) is 11.5 Å². The molecule has 1 aliphatic carbocycles. The molecule has 8 nitrogen and oxygen atoms in total. The molecule has 37 heavy (non-hydrogen) atoms. The zero-order valence-corrected chi connectivity index (χ0v) is 22.9. The van der Waals surface area contributed by atoms with Gasteiger partial charge >= 0.3 is 12.3 Å². The summed E-state index contributed by atoms with van der Waals surface area (Å²) in [5, 5.41) is 0. The monoisotopic (exact) mass is 518 g/mol. The molecular formula is C29H42O8. The summed E-state index contributed by atoms with van der Waals surface area (Å²) in [5.74, 6) is 1.18. The van der Waals surface area contributed by atoms with E-state index in [9.17, 15) is 9.59 Å². The molecule has 0 heterocycles. The van der Waals surface area contributed by atoms with Gasteiger partial charge in [-0.3, -0.25) is 0 Å². The van der Waals surface area contributed by atoms with Gasteiger partial charge in [0.05, 0.1) is 13.2 Å². The van der Waals surface area contributed by atoms with Crippen molar-refractivity contribution >= 4 is 12.3 Å². The van der Waals surface area contributed by atoms with Crippen molar-refractivity contribution in [2.75, 3.05) is 26.8 Å². The Bertz CT molecular complexity index is 891. The highest BCUT2D eigenvalue weighted by Crippen LogP contribution is 2.47. The minimum absolute atomic E-state index is 0.0777. The maximum absolute atomic E-state index is 11.7. The smallest absolute Gasteiger partial charge is 0.457 e. The maximum atomic E-state index is 11.7. The van der Waals surface area contributed by atoms with Gasteiger partial charge in [0.2, 0.25) is 13.6 Å². The highest BCUT2D eigenvalue weighted by atomic mass is 16.8. The molecule has 0 spiro atoms. The van der Waals surface area contributed by atoms with Crippen LogP contribution in [-0.4, -0.2) is 39.1 Å². The Morgan fingerprint density at radius 2 is 1.49 bits per heavy atom. The van der Waals surface area contributed by atoms with Crippen molar-refractivity contribution in [3.63, 3.8) is 0 Å². The molecule has 0 amide bonds. The van der Waals surface area contributed by atoms with Crippen LogP contribution in [0.5, 0.6) is 11.5 Å². The van der Waals surface area contributed by atoms with Crippen LogP contribution in [0.25, 0.3) is 0 Å². The van der Waals surface area contributed by atoms with Crippen molar-refractivity contribution < 1.29 is 38.0 Å². The summed E-state index contributed by atoms with van der Waals surface area (Å²) in [6, 6.07) is 3.96. The number of aryl methyl sites for hydroxylation is 1. The van der Waals surface area contributed by atoms with Gasteiger partial charge in [-0.05, 0) is 77.0 Å². The zero-order chi connectivity index (χ0) is 27.2. The first-order valence-corrected chi connectivity index (χ1v) is 13.1. The van der Waals surface area contributed by atoms with Crippen LogP contribution in [0.3, 0.4) is 0 Å². The van der Waals surface area contributed by atoms with E-state index in [2.05, 4.69) is 26.5 Å². The molecule has 1 aliphatic rings. The SMILES string of the molecule is C=C(C)C1CCC(C)=CC1c1c(OCOC(=O)OCC)cc(CCCCC)cc1OCOC(=O)OCC. The molecular weight excluding hydrogens is 476 g/mol. The van der Waals surface area contributed by atoms with Gasteiger partial charge in [0, 0.05) is 11.5 Å². The third-order valence-corrected chi connectivity index (χ3v) is 6.25. The highest BCUT2D eigenvalue weighted by molar-refractivity contribution is 5.60. The van der Waals surface area contributed by atoms with Gasteiger partial charge < -0.3 is 28.4 Å². The van der Waals surface area contributed by atoms with Gasteiger partial charge in [-0.15, -0.1) is 0 Å². The van der Waals surface area contributed by atoms with Crippen LogP contribution in [0, 0.1) is 5.92 Å². The number of hydrogen-bond acceptors (Lipinski definition) is 8. The fourth-order valence-corrected chi connectivity index (χ4v) is 4.45. The molecule has 0 radical (unpaired) electrons. The second-order valence-corrected chi connectivity index (χ2v) is 9.17. The Balaban J connectivity index is 2.49. The molecule has 1 aromatic rings. The number of carbonyl (C=O) groups is 2. The average molecular weight is 519 g/mol. The number of rotatable bonds is 14. The predicted octanol–water partition coefficient (Wildman–Crippen LogP) is 7.45. The minimum Gasteiger partial charge on any atom is -0.457 e. The lowest BCUT2D eigenvalue weighted by molar-refractivity contribution is 0.00431. The Labute approximate surface area is 220 Å². The lowest BCUT2D eigenvalue weighted by Gasteiger charge is -2.33. The normalized spacial score (nSPS) is 16.8. The molecule has 2 unspecified atom stereocenters. The van der Waals surface area contributed by atoms with Gasteiger partial charge in [0.25, 0.3) is 0 Å². The van der Waals surface area contributed by atoms with Crippen molar-refractivity contribution in [3.8, 4) is 11.5 Å². The standard InChI is InChI=1S/C29H42O8/c1-7-10-11-12-22-16-25(34-18-36-28(30)32-8-2)27(24-15-21(6)13-14-23(24)20(4)5)26(17-22)35-19-37-29(31)33-9-3/h15-17,23-24H,4,7-14,18-19H2,1-3,5-6H3. The van der Waals surface area contributed by atoms with E-state index in [0.29, 0.717) is 11.5 Å². The van der Waals surface area contributed by atoms with Gasteiger partial charge in [-0.25, -0.2) is 9.59 Å². The van der Waals surface area contributed by atoms with E-state index in [4.69, 9.17) is 28.4 Å². The van der Waals surface area contributed by atoms with Crippen molar-refractivity contribution in [3.05, 3.63) is 47.1 Å². The third-order valence-electron chi connectivity index (χ3n) is 6.25. The molecule has 0 saturated carbocycles. The van der Waals surface area contributed by atoms with Crippen LogP contribution < -0.4 is 9.47 Å². The van der Waals surface area contributed by atoms with E-state index in [0.717, 1.165) is 55.2 Å². The molecule has 0 N–H and O–H groups in total. The topological polar surface area (TPSA) is 89.5 Å². The van der Waals surface area contributed by atoms with Gasteiger partial charge in [-0.1, -0.05) is 43.6 Å².